The van der Waals surface area contributed by atoms with E-state index >= 15 is 0 Å². The van der Waals surface area contributed by atoms with Crippen molar-refractivity contribution in [2.75, 3.05) is 0 Å². The third-order valence-corrected chi connectivity index (χ3v) is 3.17. The molecule has 3 aromatic rings. The van der Waals surface area contributed by atoms with Crippen molar-refractivity contribution in [2.45, 2.75) is 0 Å². The van der Waals surface area contributed by atoms with Gasteiger partial charge in [-0.1, -0.05) is 11.6 Å². The zero-order valence-electron chi connectivity index (χ0n) is 10.1. The summed E-state index contributed by atoms with van der Waals surface area (Å²) in [7, 11) is 0. The second kappa shape index (κ2) is 4.65. The molecule has 0 fully saturated rings. The highest BCUT2D eigenvalue weighted by atomic mass is 35.5. The van der Waals surface area contributed by atoms with E-state index in [4.69, 9.17) is 16.0 Å². The van der Waals surface area contributed by atoms with Crippen molar-refractivity contribution in [3.05, 3.63) is 63.5 Å². The maximum atomic E-state index is 12.9. The summed E-state index contributed by atoms with van der Waals surface area (Å²) in [6.45, 7) is 0. The van der Waals surface area contributed by atoms with Crippen LogP contribution in [0.5, 0.6) is 5.75 Å². The van der Waals surface area contributed by atoms with E-state index in [0.29, 0.717) is 10.6 Å². The van der Waals surface area contributed by atoms with Crippen LogP contribution in [0.4, 0.5) is 4.39 Å². The summed E-state index contributed by atoms with van der Waals surface area (Å²) in [6, 6.07) is 9.79. The summed E-state index contributed by atoms with van der Waals surface area (Å²) in [5.74, 6) is -0.935. The summed E-state index contributed by atoms with van der Waals surface area (Å²) in [5.41, 5.74) is 0.116. The number of fused-ring (bicyclic) bond motifs is 1. The number of rotatable bonds is 1. The van der Waals surface area contributed by atoms with Crippen LogP contribution in [0.2, 0.25) is 5.02 Å². The second-order valence-corrected chi connectivity index (χ2v) is 4.69. The van der Waals surface area contributed by atoms with E-state index < -0.39 is 17.0 Å². The molecule has 0 saturated heterocycles. The van der Waals surface area contributed by atoms with Crippen molar-refractivity contribution in [1.82, 2.24) is 0 Å². The lowest BCUT2D eigenvalue weighted by molar-refractivity contribution is 0.449. The van der Waals surface area contributed by atoms with Crippen LogP contribution in [0.1, 0.15) is 0 Å². The molecule has 3 rings (SSSR count). The third-order valence-electron chi connectivity index (χ3n) is 2.94. The minimum atomic E-state index is -0.553. The molecule has 0 saturated carbocycles. The Morgan fingerprint density at radius 3 is 2.50 bits per heavy atom. The first-order valence-electron chi connectivity index (χ1n) is 5.77. The molecule has 0 atom stereocenters. The second-order valence-electron chi connectivity index (χ2n) is 4.26. The van der Waals surface area contributed by atoms with Crippen LogP contribution in [0.3, 0.4) is 0 Å². The monoisotopic (exact) mass is 290 g/mol. The van der Waals surface area contributed by atoms with Crippen molar-refractivity contribution >= 4 is 22.6 Å². The first-order valence-corrected chi connectivity index (χ1v) is 6.15. The van der Waals surface area contributed by atoms with Crippen molar-refractivity contribution in [1.29, 1.82) is 0 Å². The lowest BCUT2D eigenvalue weighted by Gasteiger charge is -2.06. The highest BCUT2D eigenvalue weighted by molar-refractivity contribution is 6.31. The van der Waals surface area contributed by atoms with Crippen LogP contribution in [0, 0.1) is 5.82 Å². The van der Waals surface area contributed by atoms with Gasteiger partial charge in [-0.25, -0.2) is 4.39 Å². The van der Waals surface area contributed by atoms with Gasteiger partial charge in [-0.2, -0.15) is 0 Å². The Hall–Kier alpha value is -2.33. The smallest absolute Gasteiger partial charge is 0.235 e. The van der Waals surface area contributed by atoms with Crippen molar-refractivity contribution in [2.24, 2.45) is 0 Å². The summed E-state index contributed by atoms with van der Waals surface area (Å²) < 4.78 is 18.4. The summed E-state index contributed by atoms with van der Waals surface area (Å²) >= 11 is 5.86. The quantitative estimate of drug-likeness (QED) is 0.738. The predicted octanol–water partition coefficient (Wildman–Crippen LogP) is 3.96. The van der Waals surface area contributed by atoms with Gasteiger partial charge in [-0.05, 0) is 36.4 Å². The van der Waals surface area contributed by atoms with Crippen LogP contribution < -0.4 is 5.43 Å². The number of hydrogen-bond donors (Lipinski definition) is 1. The predicted molar refractivity (Wildman–Crippen MR) is 74.6 cm³/mol. The van der Waals surface area contributed by atoms with Gasteiger partial charge in [0.25, 0.3) is 0 Å². The van der Waals surface area contributed by atoms with E-state index in [2.05, 4.69) is 0 Å². The van der Waals surface area contributed by atoms with Crippen LogP contribution in [-0.2, 0) is 0 Å². The van der Waals surface area contributed by atoms with E-state index in [1.807, 2.05) is 0 Å². The molecule has 0 bridgehead atoms. The van der Waals surface area contributed by atoms with E-state index in [-0.39, 0.29) is 16.7 Å². The van der Waals surface area contributed by atoms with Gasteiger partial charge < -0.3 is 9.52 Å². The Labute approximate surface area is 117 Å². The molecule has 1 aromatic heterocycles. The van der Waals surface area contributed by atoms with Gasteiger partial charge in [-0.15, -0.1) is 0 Å². The molecule has 20 heavy (non-hydrogen) atoms. The molecule has 0 aliphatic rings. The molecule has 3 nitrogen and oxygen atoms in total. The average molecular weight is 291 g/mol. The molecule has 100 valence electrons. The van der Waals surface area contributed by atoms with Crippen LogP contribution in [0.25, 0.3) is 22.3 Å². The first-order chi connectivity index (χ1) is 9.56. The largest absolute Gasteiger partial charge is 0.502 e. The standard InChI is InChI=1S/C15H8ClFO3/c16-9-3-6-11-12(7-9)20-15(14(19)13(11)18)8-1-4-10(17)5-2-8/h1-7,19H. The Bertz CT molecular complexity index is 853. The summed E-state index contributed by atoms with van der Waals surface area (Å²) in [6.07, 6.45) is 0. The lowest BCUT2D eigenvalue weighted by atomic mass is 10.1. The van der Waals surface area contributed by atoms with E-state index in [1.165, 1.54) is 42.5 Å². The highest BCUT2D eigenvalue weighted by Crippen LogP contribution is 2.30. The first kappa shape index (κ1) is 12.7. The molecular weight excluding hydrogens is 283 g/mol. The molecule has 2 aromatic carbocycles. The van der Waals surface area contributed by atoms with Gasteiger partial charge in [0.15, 0.2) is 5.76 Å². The van der Waals surface area contributed by atoms with Crippen LogP contribution in [0.15, 0.2) is 51.7 Å². The van der Waals surface area contributed by atoms with Crippen LogP contribution in [-0.4, -0.2) is 5.11 Å². The minimum absolute atomic E-state index is 0.00948. The molecule has 0 unspecified atom stereocenters. The zero-order chi connectivity index (χ0) is 14.3. The van der Waals surface area contributed by atoms with Gasteiger partial charge in [-0.3, -0.25) is 4.79 Å². The normalized spacial score (nSPS) is 10.9. The summed E-state index contributed by atoms with van der Waals surface area (Å²) in [5, 5.41) is 10.6. The van der Waals surface area contributed by atoms with E-state index in [9.17, 15) is 14.3 Å². The van der Waals surface area contributed by atoms with Crippen molar-refractivity contribution in [3.8, 4) is 17.1 Å². The molecule has 0 aliphatic carbocycles. The topological polar surface area (TPSA) is 50.4 Å². The third kappa shape index (κ3) is 2.04. The Morgan fingerprint density at radius 1 is 1.10 bits per heavy atom. The van der Waals surface area contributed by atoms with E-state index in [1.54, 1.807) is 0 Å². The van der Waals surface area contributed by atoms with Gasteiger partial charge in [0.2, 0.25) is 11.2 Å². The minimum Gasteiger partial charge on any atom is -0.502 e. The fourth-order valence-electron chi connectivity index (χ4n) is 1.95. The Balaban J connectivity index is 2.33. The Morgan fingerprint density at radius 2 is 1.80 bits per heavy atom. The SMILES string of the molecule is O=c1c(O)c(-c2ccc(F)cc2)oc2cc(Cl)ccc12. The molecule has 0 aliphatic heterocycles. The lowest BCUT2D eigenvalue weighted by Crippen LogP contribution is -2.02. The fourth-order valence-corrected chi connectivity index (χ4v) is 2.12. The molecule has 1 heterocycles. The molecule has 5 heteroatoms. The molecule has 0 radical (unpaired) electrons. The van der Waals surface area contributed by atoms with E-state index in [0.717, 1.165) is 0 Å². The van der Waals surface area contributed by atoms with Crippen molar-refractivity contribution in [3.63, 3.8) is 0 Å². The molecule has 0 spiro atoms. The number of hydrogen-bond acceptors (Lipinski definition) is 3. The maximum Gasteiger partial charge on any atom is 0.235 e. The van der Waals surface area contributed by atoms with Crippen molar-refractivity contribution < 1.29 is 13.9 Å². The zero-order valence-corrected chi connectivity index (χ0v) is 10.8. The van der Waals surface area contributed by atoms with Gasteiger partial charge in [0.1, 0.15) is 11.4 Å². The number of aromatic hydroxyl groups is 1. The molecule has 0 amide bonds. The van der Waals surface area contributed by atoms with Gasteiger partial charge in [0, 0.05) is 16.7 Å². The highest BCUT2D eigenvalue weighted by Gasteiger charge is 2.15. The molecular formula is C15H8ClFO3. The fraction of sp³-hybridized carbons (Fsp3) is 0. The summed E-state index contributed by atoms with van der Waals surface area (Å²) in [4.78, 5) is 12.1. The van der Waals surface area contributed by atoms with Gasteiger partial charge in [0.05, 0.1) is 5.39 Å². The van der Waals surface area contributed by atoms with Gasteiger partial charge >= 0.3 is 0 Å². The Kier molecular flexibility index (Phi) is 2.95. The molecule has 1 N–H and O–H groups in total. The van der Waals surface area contributed by atoms with Crippen LogP contribution >= 0.6 is 11.6 Å². The number of halogens is 2. The maximum absolute atomic E-state index is 12.9. The average Bonchev–Trinajstić information content (AvgIpc) is 2.44. The number of benzene rings is 2.